The number of carbonyl (C=O) groups is 1. The van der Waals surface area contributed by atoms with E-state index in [1.54, 1.807) is 0 Å². The molecule has 2 rings (SSSR count). The van der Waals surface area contributed by atoms with Gasteiger partial charge in [-0.15, -0.1) is 0 Å². The first-order valence-electron chi connectivity index (χ1n) is 7.59. The summed E-state index contributed by atoms with van der Waals surface area (Å²) in [5.41, 5.74) is -1.15. The third-order valence-corrected chi connectivity index (χ3v) is 4.49. The molecular formula is C15H27NO3. The lowest BCUT2D eigenvalue weighted by molar-refractivity contribution is -0.159. The number of carboxylic acid groups (broad SMARTS) is 1. The molecule has 1 unspecified atom stereocenters. The highest BCUT2D eigenvalue weighted by molar-refractivity contribution is 5.79. The van der Waals surface area contributed by atoms with Crippen LogP contribution in [0, 0.1) is 0 Å². The monoisotopic (exact) mass is 269 g/mol. The van der Waals surface area contributed by atoms with Crippen molar-refractivity contribution in [3.8, 4) is 0 Å². The number of hydrogen-bond donors (Lipinski definition) is 2. The molecule has 1 saturated carbocycles. The van der Waals surface area contributed by atoms with E-state index in [2.05, 4.69) is 5.32 Å². The maximum Gasteiger partial charge on any atom is 0.324 e. The maximum atomic E-state index is 11.8. The van der Waals surface area contributed by atoms with Crippen LogP contribution in [-0.4, -0.2) is 34.9 Å². The van der Waals surface area contributed by atoms with Gasteiger partial charge in [0.2, 0.25) is 0 Å². The van der Waals surface area contributed by atoms with E-state index >= 15 is 0 Å². The van der Waals surface area contributed by atoms with Gasteiger partial charge in [0.05, 0.1) is 5.60 Å². The average molecular weight is 269 g/mol. The summed E-state index contributed by atoms with van der Waals surface area (Å²) in [4.78, 5) is 11.8. The summed E-state index contributed by atoms with van der Waals surface area (Å²) in [6.45, 7) is 4.50. The second-order valence-electron chi connectivity index (χ2n) is 6.76. The summed E-state index contributed by atoms with van der Waals surface area (Å²) in [5.74, 6) is -0.715. The molecule has 110 valence electrons. The van der Waals surface area contributed by atoms with Crippen LogP contribution in [0.4, 0.5) is 0 Å². The fourth-order valence-corrected chi connectivity index (χ4v) is 3.55. The standard InChI is InChI=1S/C15H27NO3/c1-14(2)11-15(13(17)18,9-10-19-14)16-12-7-5-3-4-6-8-12/h12,16H,3-11H2,1-2H3,(H,17,18). The van der Waals surface area contributed by atoms with Crippen LogP contribution in [0.1, 0.15) is 65.2 Å². The predicted octanol–water partition coefficient (Wildman–Crippen LogP) is 2.71. The van der Waals surface area contributed by atoms with Crippen LogP contribution in [0.15, 0.2) is 0 Å². The van der Waals surface area contributed by atoms with Crippen molar-refractivity contribution in [2.24, 2.45) is 0 Å². The summed E-state index contributed by atoms with van der Waals surface area (Å²) < 4.78 is 5.68. The van der Waals surface area contributed by atoms with Crippen molar-refractivity contribution in [1.82, 2.24) is 5.32 Å². The van der Waals surface area contributed by atoms with Gasteiger partial charge in [0.25, 0.3) is 0 Å². The molecule has 1 aliphatic heterocycles. The molecule has 0 radical (unpaired) electrons. The smallest absolute Gasteiger partial charge is 0.324 e. The van der Waals surface area contributed by atoms with Gasteiger partial charge in [0.15, 0.2) is 0 Å². The number of rotatable bonds is 3. The first-order valence-corrected chi connectivity index (χ1v) is 7.59. The van der Waals surface area contributed by atoms with Gasteiger partial charge in [0.1, 0.15) is 5.54 Å². The molecule has 4 nitrogen and oxygen atoms in total. The molecule has 0 bridgehead atoms. The molecule has 1 atom stereocenters. The number of ether oxygens (including phenoxy) is 1. The van der Waals surface area contributed by atoms with Crippen molar-refractivity contribution >= 4 is 5.97 Å². The SMILES string of the molecule is CC1(C)CC(NC2CCCCCC2)(C(=O)O)CCO1. The largest absolute Gasteiger partial charge is 0.480 e. The molecule has 0 aromatic heterocycles. The van der Waals surface area contributed by atoms with Crippen molar-refractivity contribution in [3.63, 3.8) is 0 Å². The topological polar surface area (TPSA) is 58.6 Å². The minimum atomic E-state index is -0.795. The zero-order valence-electron chi connectivity index (χ0n) is 12.2. The molecule has 0 amide bonds. The Morgan fingerprint density at radius 1 is 1.21 bits per heavy atom. The second kappa shape index (κ2) is 5.80. The summed E-state index contributed by atoms with van der Waals surface area (Å²) in [7, 11) is 0. The molecule has 1 aliphatic carbocycles. The van der Waals surface area contributed by atoms with Crippen LogP contribution < -0.4 is 5.32 Å². The third kappa shape index (κ3) is 3.69. The van der Waals surface area contributed by atoms with Gasteiger partial charge in [-0.25, -0.2) is 0 Å². The summed E-state index contributed by atoms with van der Waals surface area (Å²) in [6.07, 6.45) is 8.33. The van der Waals surface area contributed by atoms with E-state index in [1.807, 2.05) is 13.8 Å². The van der Waals surface area contributed by atoms with Crippen molar-refractivity contribution in [2.45, 2.75) is 82.4 Å². The van der Waals surface area contributed by atoms with Gasteiger partial charge in [-0.05, 0) is 33.1 Å². The highest BCUT2D eigenvalue weighted by Crippen LogP contribution is 2.34. The van der Waals surface area contributed by atoms with Gasteiger partial charge in [0, 0.05) is 19.1 Å². The highest BCUT2D eigenvalue weighted by atomic mass is 16.5. The van der Waals surface area contributed by atoms with Crippen LogP contribution >= 0.6 is 0 Å². The fraction of sp³-hybridized carbons (Fsp3) is 0.933. The van der Waals surface area contributed by atoms with Crippen LogP contribution in [-0.2, 0) is 9.53 Å². The lowest BCUT2D eigenvalue weighted by Gasteiger charge is -2.44. The highest BCUT2D eigenvalue weighted by Gasteiger charge is 2.47. The predicted molar refractivity (Wildman–Crippen MR) is 74.3 cm³/mol. The second-order valence-corrected chi connectivity index (χ2v) is 6.76. The molecule has 2 aliphatic rings. The van der Waals surface area contributed by atoms with Crippen LogP contribution in [0.5, 0.6) is 0 Å². The van der Waals surface area contributed by atoms with Crippen LogP contribution in [0.2, 0.25) is 0 Å². The average Bonchev–Trinajstić information content (AvgIpc) is 2.56. The normalized spacial score (nSPS) is 32.7. The summed E-state index contributed by atoms with van der Waals surface area (Å²) in [6, 6.07) is 0.354. The minimum absolute atomic E-state index is 0.353. The molecule has 1 saturated heterocycles. The van der Waals surface area contributed by atoms with Crippen molar-refractivity contribution < 1.29 is 14.6 Å². The first-order chi connectivity index (χ1) is 8.94. The fourth-order valence-electron chi connectivity index (χ4n) is 3.55. The van der Waals surface area contributed by atoms with Crippen molar-refractivity contribution in [2.75, 3.05) is 6.61 Å². The molecule has 19 heavy (non-hydrogen) atoms. The molecule has 0 aromatic carbocycles. The Hall–Kier alpha value is -0.610. The molecule has 4 heteroatoms. The number of hydrogen-bond acceptors (Lipinski definition) is 3. The van der Waals surface area contributed by atoms with Crippen LogP contribution in [0.25, 0.3) is 0 Å². The van der Waals surface area contributed by atoms with E-state index in [0.29, 0.717) is 25.5 Å². The number of carboxylic acids is 1. The Morgan fingerprint density at radius 2 is 1.84 bits per heavy atom. The lowest BCUT2D eigenvalue weighted by Crippen LogP contribution is -2.62. The summed E-state index contributed by atoms with van der Waals surface area (Å²) in [5, 5.41) is 13.2. The van der Waals surface area contributed by atoms with Crippen molar-refractivity contribution in [3.05, 3.63) is 0 Å². The van der Waals surface area contributed by atoms with E-state index in [4.69, 9.17) is 4.74 Å². The van der Waals surface area contributed by atoms with E-state index in [-0.39, 0.29) is 5.60 Å². The Balaban J connectivity index is 2.08. The zero-order valence-corrected chi connectivity index (χ0v) is 12.2. The molecule has 1 heterocycles. The Morgan fingerprint density at radius 3 is 2.37 bits per heavy atom. The molecular weight excluding hydrogens is 242 g/mol. The van der Waals surface area contributed by atoms with Gasteiger partial charge in [-0.3, -0.25) is 10.1 Å². The quantitative estimate of drug-likeness (QED) is 0.773. The third-order valence-electron chi connectivity index (χ3n) is 4.49. The van der Waals surface area contributed by atoms with Gasteiger partial charge in [-0.2, -0.15) is 0 Å². The van der Waals surface area contributed by atoms with Gasteiger partial charge < -0.3 is 9.84 Å². The van der Waals surface area contributed by atoms with E-state index in [9.17, 15) is 9.90 Å². The molecule has 0 spiro atoms. The Labute approximate surface area is 115 Å². The van der Waals surface area contributed by atoms with Crippen molar-refractivity contribution in [1.29, 1.82) is 0 Å². The first kappa shape index (κ1) is 14.8. The zero-order chi connectivity index (χ0) is 13.9. The van der Waals surface area contributed by atoms with Crippen LogP contribution in [0.3, 0.4) is 0 Å². The minimum Gasteiger partial charge on any atom is -0.480 e. The molecule has 0 aromatic rings. The maximum absolute atomic E-state index is 11.8. The number of nitrogens with one attached hydrogen (secondary N) is 1. The molecule has 2 N–H and O–H groups in total. The van der Waals surface area contributed by atoms with E-state index in [0.717, 1.165) is 12.8 Å². The summed E-state index contributed by atoms with van der Waals surface area (Å²) >= 11 is 0. The lowest BCUT2D eigenvalue weighted by atomic mass is 9.80. The van der Waals surface area contributed by atoms with E-state index < -0.39 is 11.5 Å². The Kier molecular flexibility index (Phi) is 4.51. The van der Waals surface area contributed by atoms with Gasteiger partial charge in [-0.1, -0.05) is 25.7 Å². The van der Waals surface area contributed by atoms with E-state index in [1.165, 1.54) is 25.7 Å². The molecule has 2 fully saturated rings. The Bertz CT molecular complexity index is 321. The number of aliphatic carboxylic acids is 1. The van der Waals surface area contributed by atoms with Gasteiger partial charge >= 0.3 is 5.97 Å².